The molecule has 0 atom stereocenters. The fraction of sp³-hybridized carbons (Fsp3) is 0.417. The van der Waals surface area contributed by atoms with Gasteiger partial charge < -0.3 is 0 Å². The van der Waals surface area contributed by atoms with Crippen LogP contribution < -0.4 is 0 Å². The third-order valence-electron chi connectivity index (χ3n) is 1.77. The van der Waals surface area contributed by atoms with E-state index in [-0.39, 0.29) is 5.78 Å². The van der Waals surface area contributed by atoms with E-state index >= 15 is 0 Å². The highest BCUT2D eigenvalue weighted by molar-refractivity contribution is 5.97. The molecular weight excluding hydrogens is 160 g/mol. The summed E-state index contributed by atoms with van der Waals surface area (Å²) < 4.78 is 0. The topological polar surface area (TPSA) is 17.1 Å². The predicted molar refractivity (Wildman–Crippen MR) is 57.6 cm³/mol. The molecule has 0 spiro atoms. The van der Waals surface area contributed by atoms with E-state index < -0.39 is 0 Å². The van der Waals surface area contributed by atoms with Gasteiger partial charge in [0.1, 0.15) is 0 Å². The van der Waals surface area contributed by atoms with Crippen LogP contribution in [0.3, 0.4) is 0 Å². The number of Topliss-reactive ketones (excluding diaryl/α,β-unsaturated/α-hetero) is 1. The fourth-order valence-electron chi connectivity index (χ4n) is 1.14. The maximum Gasteiger partial charge on any atom is 0.160 e. The van der Waals surface area contributed by atoms with Crippen LogP contribution in [0.2, 0.25) is 0 Å². The first-order valence-electron chi connectivity index (χ1n) is 4.64. The second-order valence-electron chi connectivity index (χ2n) is 2.96. The van der Waals surface area contributed by atoms with Gasteiger partial charge in [-0.2, -0.15) is 0 Å². The standard InChI is InChI=1S/C12H18O/c1-5-7-9-12(11(4)13)10(3)8-6-2/h5,7-9H,6H2,1-4H3/b7-5-,10-8+,12-9+. The highest BCUT2D eigenvalue weighted by atomic mass is 16.1. The van der Waals surface area contributed by atoms with E-state index in [4.69, 9.17) is 0 Å². The Bertz CT molecular complexity index is 254. The van der Waals surface area contributed by atoms with Gasteiger partial charge in [0.05, 0.1) is 0 Å². The molecule has 0 aromatic heterocycles. The van der Waals surface area contributed by atoms with Crippen molar-refractivity contribution in [1.82, 2.24) is 0 Å². The lowest BCUT2D eigenvalue weighted by atomic mass is 10.0. The number of ketones is 1. The van der Waals surface area contributed by atoms with E-state index in [0.29, 0.717) is 0 Å². The maximum absolute atomic E-state index is 11.2. The lowest BCUT2D eigenvalue weighted by molar-refractivity contribution is -0.113. The van der Waals surface area contributed by atoms with E-state index in [1.165, 1.54) is 0 Å². The van der Waals surface area contributed by atoms with Gasteiger partial charge >= 0.3 is 0 Å². The van der Waals surface area contributed by atoms with Crippen LogP contribution in [0.1, 0.15) is 34.1 Å². The quantitative estimate of drug-likeness (QED) is 0.476. The summed E-state index contributed by atoms with van der Waals surface area (Å²) in [7, 11) is 0. The number of carbonyl (C=O) groups excluding carboxylic acids is 1. The monoisotopic (exact) mass is 178 g/mol. The molecule has 0 radical (unpaired) electrons. The van der Waals surface area contributed by atoms with Gasteiger partial charge in [0.2, 0.25) is 0 Å². The van der Waals surface area contributed by atoms with Crippen LogP contribution in [-0.2, 0) is 4.79 Å². The summed E-state index contributed by atoms with van der Waals surface area (Å²) in [5, 5.41) is 0. The molecule has 1 heteroatoms. The van der Waals surface area contributed by atoms with Crippen LogP contribution >= 0.6 is 0 Å². The SMILES string of the molecule is C\C=C/C=C(C(C)=O)\C(C)=C\CC. The number of carbonyl (C=O) groups is 1. The van der Waals surface area contributed by atoms with Crippen molar-refractivity contribution in [3.63, 3.8) is 0 Å². The second-order valence-corrected chi connectivity index (χ2v) is 2.96. The van der Waals surface area contributed by atoms with E-state index in [2.05, 4.69) is 13.0 Å². The third kappa shape index (κ3) is 4.46. The number of allylic oxidation sites excluding steroid dienone is 6. The minimum atomic E-state index is 0.125. The van der Waals surface area contributed by atoms with Gasteiger partial charge in [-0.05, 0) is 32.8 Å². The molecule has 0 rings (SSSR count). The van der Waals surface area contributed by atoms with Crippen molar-refractivity contribution in [1.29, 1.82) is 0 Å². The van der Waals surface area contributed by atoms with E-state index in [1.807, 2.05) is 32.1 Å². The van der Waals surface area contributed by atoms with Crippen LogP contribution in [0.15, 0.2) is 35.5 Å². The van der Waals surface area contributed by atoms with Gasteiger partial charge in [-0.25, -0.2) is 0 Å². The number of hydrogen-bond donors (Lipinski definition) is 0. The van der Waals surface area contributed by atoms with Crippen LogP contribution in [-0.4, -0.2) is 5.78 Å². The Balaban J connectivity index is 4.81. The van der Waals surface area contributed by atoms with Crippen LogP contribution in [0.5, 0.6) is 0 Å². The molecule has 0 saturated heterocycles. The highest BCUT2D eigenvalue weighted by Gasteiger charge is 2.03. The normalized spacial score (nSPS) is 13.8. The minimum absolute atomic E-state index is 0.125. The molecule has 0 fully saturated rings. The van der Waals surface area contributed by atoms with Gasteiger partial charge in [0, 0.05) is 5.57 Å². The Hall–Kier alpha value is -1.11. The summed E-state index contributed by atoms with van der Waals surface area (Å²) in [5.74, 6) is 0.125. The first-order chi connectivity index (χ1) is 6.13. The lowest BCUT2D eigenvalue weighted by Crippen LogP contribution is -1.97. The van der Waals surface area contributed by atoms with Crippen molar-refractivity contribution in [3.8, 4) is 0 Å². The van der Waals surface area contributed by atoms with E-state index in [9.17, 15) is 4.79 Å². The Labute approximate surface area is 80.8 Å². The molecule has 0 heterocycles. The third-order valence-corrected chi connectivity index (χ3v) is 1.77. The zero-order chi connectivity index (χ0) is 10.3. The molecule has 0 aromatic carbocycles. The zero-order valence-electron chi connectivity index (χ0n) is 8.92. The van der Waals surface area contributed by atoms with E-state index in [0.717, 1.165) is 17.6 Å². The summed E-state index contributed by atoms with van der Waals surface area (Å²) in [6.07, 6.45) is 8.71. The fourth-order valence-corrected chi connectivity index (χ4v) is 1.14. The first kappa shape index (κ1) is 11.9. The van der Waals surface area contributed by atoms with Gasteiger partial charge in [0.15, 0.2) is 5.78 Å². The Kier molecular flexibility index (Phi) is 5.86. The molecular formula is C12H18O. The van der Waals surface area contributed by atoms with Crippen LogP contribution in [0, 0.1) is 0 Å². The van der Waals surface area contributed by atoms with Crippen LogP contribution in [0.4, 0.5) is 0 Å². The molecule has 72 valence electrons. The van der Waals surface area contributed by atoms with Crippen LogP contribution in [0.25, 0.3) is 0 Å². The summed E-state index contributed by atoms with van der Waals surface area (Å²) in [6.45, 7) is 7.58. The van der Waals surface area contributed by atoms with Crippen molar-refractivity contribution >= 4 is 5.78 Å². The summed E-state index contributed by atoms with van der Waals surface area (Å²) in [4.78, 5) is 11.2. The van der Waals surface area contributed by atoms with Crippen molar-refractivity contribution in [3.05, 3.63) is 35.5 Å². The Morgan fingerprint density at radius 1 is 1.31 bits per heavy atom. The molecule has 0 aliphatic carbocycles. The summed E-state index contributed by atoms with van der Waals surface area (Å²) >= 11 is 0. The molecule has 0 aliphatic rings. The molecule has 0 amide bonds. The maximum atomic E-state index is 11.2. The van der Waals surface area contributed by atoms with Crippen molar-refractivity contribution in [2.45, 2.75) is 34.1 Å². The predicted octanol–water partition coefficient (Wildman–Crippen LogP) is 3.43. The van der Waals surface area contributed by atoms with Gasteiger partial charge in [-0.15, -0.1) is 0 Å². The molecule has 13 heavy (non-hydrogen) atoms. The summed E-state index contributed by atoms with van der Waals surface area (Å²) in [6, 6.07) is 0. The second kappa shape index (κ2) is 6.41. The van der Waals surface area contributed by atoms with Crippen molar-refractivity contribution in [2.75, 3.05) is 0 Å². The average molecular weight is 178 g/mol. The molecule has 0 saturated carbocycles. The lowest BCUT2D eigenvalue weighted by Gasteiger charge is -2.01. The molecule has 0 N–H and O–H groups in total. The first-order valence-corrected chi connectivity index (χ1v) is 4.64. The zero-order valence-corrected chi connectivity index (χ0v) is 8.92. The highest BCUT2D eigenvalue weighted by Crippen LogP contribution is 2.11. The minimum Gasteiger partial charge on any atom is -0.295 e. The smallest absolute Gasteiger partial charge is 0.160 e. The van der Waals surface area contributed by atoms with Gasteiger partial charge in [-0.1, -0.05) is 31.2 Å². The number of rotatable bonds is 4. The molecule has 0 unspecified atom stereocenters. The Morgan fingerprint density at radius 2 is 1.92 bits per heavy atom. The molecule has 0 aliphatic heterocycles. The molecule has 0 aromatic rings. The molecule has 1 nitrogen and oxygen atoms in total. The van der Waals surface area contributed by atoms with Crippen molar-refractivity contribution < 1.29 is 4.79 Å². The summed E-state index contributed by atoms with van der Waals surface area (Å²) in [5.41, 5.74) is 1.87. The largest absolute Gasteiger partial charge is 0.295 e. The average Bonchev–Trinajstić information content (AvgIpc) is 2.05. The molecule has 0 bridgehead atoms. The van der Waals surface area contributed by atoms with Gasteiger partial charge in [0.25, 0.3) is 0 Å². The van der Waals surface area contributed by atoms with E-state index in [1.54, 1.807) is 6.92 Å². The number of hydrogen-bond acceptors (Lipinski definition) is 1. The van der Waals surface area contributed by atoms with Crippen molar-refractivity contribution in [2.24, 2.45) is 0 Å². The van der Waals surface area contributed by atoms with Gasteiger partial charge in [-0.3, -0.25) is 4.79 Å². The Morgan fingerprint density at radius 3 is 2.31 bits per heavy atom.